The van der Waals surface area contributed by atoms with Gasteiger partial charge < -0.3 is 9.84 Å². The van der Waals surface area contributed by atoms with E-state index in [9.17, 15) is 9.90 Å². The second-order valence-corrected chi connectivity index (χ2v) is 3.77. The summed E-state index contributed by atoms with van der Waals surface area (Å²) in [6.45, 7) is 6.96. The van der Waals surface area contributed by atoms with Gasteiger partial charge in [-0.05, 0) is 30.5 Å². The topological polar surface area (TPSA) is 50.9 Å². The van der Waals surface area contributed by atoms with E-state index in [-0.39, 0.29) is 5.76 Å². The number of aliphatic hydroxyl groups excluding tert-OH is 1. The first-order valence-electron chi connectivity index (χ1n) is 5.18. The molecule has 0 aliphatic heterocycles. The first-order chi connectivity index (χ1) is 8.17. The molecule has 0 aromatic heterocycles. The van der Waals surface area contributed by atoms with Gasteiger partial charge in [-0.2, -0.15) is 0 Å². The molecule has 17 heavy (non-hydrogen) atoms. The highest BCUT2D eigenvalue weighted by molar-refractivity contribution is 5.90. The van der Waals surface area contributed by atoms with Gasteiger partial charge in [0.05, 0.1) is 19.2 Å². The average Bonchev–Trinajstić information content (AvgIpc) is 2.38. The van der Waals surface area contributed by atoms with E-state index >= 15 is 0 Å². The third-order valence-corrected chi connectivity index (χ3v) is 2.83. The van der Waals surface area contributed by atoms with Crippen LogP contribution in [0.4, 0.5) is 0 Å². The minimum atomic E-state index is -0.449. The van der Waals surface area contributed by atoms with Crippen LogP contribution in [0.2, 0.25) is 0 Å². The zero-order valence-corrected chi connectivity index (χ0v) is 9.36. The zero-order chi connectivity index (χ0) is 12.4. The Bertz CT molecular complexity index is 552. The number of allylic oxidation sites excluding steroid dienone is 1. The smallest absolute Gasteiger partial charge is 0.337 e. The Morgan fingerprint density at radius 1 is 1.47 bits per heavy atom. The zero-order valence-electron chi connectivity index (χ0n) is 9.36. The quantitative estimate of drug-likeness (QED) is 0.594. The van der Waals surface area contributed by atoms with Crippen molar-refractivity contribution in [2.45, 2.75) is 12.8 Å². The van der Waals surface area contributed by atoms with Crippen molar-refractivity contribution in [1.29, 1.82) is 0 Å². The summed E-state index contributed by atoms with van der Waals surface area (Å²) < 4.78 is 4.62. The number of ether oxygens (including phenoxy) is 1. The lowest BCUT2D eigenvalue weighted by Gasteiger charge is -2.16. The molecule has 0 saturated carbocycles. The molecule has 1 N–H and O–H groups in total. The number of nitrogens with zero attached hydrogens (tertiary/aromatic N) is 1. The van der Waals surface area contributed by atoms with Crippen LogP contribution in [-0.4, -0.2) is 18.2 Å². The first kappa shape index (κ1) is 11.2. The average molecular weight is 229 g/mol. The van der Waals surface area contributed by atoms with Crippen molar-refractivity contribution in [1.82, 2.24) is 0 Å². The number of esters is 1. The van der Waals surface area contributed by atoms with Crippen LogP contribution in [0, 0.1) is 6.57 Å². The maximum atomic E-state index is 11.4. The summed E-state index contributed by atoms with van der Waals surface area (Å²) in [6, 6.07) is 5.03. The second-order valence-electron chi connectivity index (χ2n) is 3.77. The fourth-order valence-electron chi connectivity index (χ4n) is 1.90. The fraction of sp³-hybridized carbons (Fsp3) is 0.231. The summed E-state index contributed by atoms with van der Waals surface area (Å²) in [6.07, 6.45) is 1.25. The molecular formula is C13H11NO3. The minimum Gasteiger partial charge on any atom is -0.519 e. The predicted molar refractivity (Wildman–Crippen MR) is 62.3 cm³/mol. The van der Waals surface area contributed by atoms with Crippen LogP contribution in [-0.2, 0) is 11.2 Å². The van der Waals surface area contributed by atoms with Gasteiger partial charge in [0.25, 0.3) is 0 Å². The van der Waals surface area contributed by atoms with Crippen molar-refractivity contribution in [3.63, 3.8) is 0 Å². The molecule has 4 nitrogen and oxygen atoms in total. The van der Waals surface area contributed by atoms with Crippen molar-refractivity contribution in [3.05, 3.63) is 52.0 Å². The maximum absolute atomic E-state index is 11.4. The molecule has 1 aromatic rings. The number of aryl methyl sites for hydroxylation is 1. The summed E-state index contributed by atoms with van der Waals surface area (Å²) in [7, 11) is 1.31. The van der Waals surface area contributed by atoms with Crippen LogP contribution in [0.25, 0.3) is 10.6 Å². The monoisotopic (exact) mass is 229 g/mol. The second kappa shape index (κ2) is 4.30. The lowest BCUT2D eigenvalue weighted by molar-refractivity contribution is 0.0600. The van der Waals surface area contributed by atoms with Gasteiger partial charge in [-0.15, -0.1) is 0 Å². The van der Waals surface area contributed by atoms with Gasteiger partial charge in [-0.25, -0.2) is 9.64 Å². The van der Waals surface area contributed by atoms with E-state index in [1.807, 2.05) is 0 Å². The number of hydrogen-bond donors (Lipinski definition) is 1. The summed E-state index contributed by atoms with van der Waals surface area (Å²) in [5.74, 6) is -0.470. The number of carbonyl (C=O) groups is 1. The molecule has 0 heterocycles. The molecule has 0 saturated heterocycles. The third kappa shape index (κ3) is 1.87. The Kier molecular flexibility index (Phi) is 2.84. The highest BCUT2D eigenvalue weighted by Crippen LogP contribution is 2.31. The van der Waals surface area contributed by atoms with Gasteiger partial charge in [0.15, 0.2) is 0 Å². The highest BCUT2D eigenvalue weighted by Gasteiger charge is 2.20. The summed E-state index contributed by atoms with van der Waals surface area (Å²) in [4.78, 5) is 14.7. The van der Waals surface area contributed by atoms with Gasteiger partial charge in [-0.1, -0.05) is 6.07 Å². The molecule has 86 valence electrons. The normalized spacial score (nSPS) is 13.9. The number of benzene rings is 1. The number of carbonyl (C=O) groups excluding carboxylic acids is 1. The standard InChI is InChI=1S/C13H11NO3/c1-14-11-6-5-8-3-4-9(13(16)17-2)7-10(8)12(11)15/h3-4,7,15H,5-6H2,2H3. The number of hydrogen-bond acceptors (Lipinski definition) is 3. The molecule has 0 radical (unpaired) electrons. The molecule has 2 rings (SSSR count). The Balaban J connectivity index is 2.53. The molecule has 0 atom stereocenters. The molecule has 0 amide bonds. The number of fused-ring (bicyclic) bond motifs is 1. The molecule has 0 fully saturated rings. The van der Waals surface area contributed by atoms with Crippen molar-refractivity contribution >= 4 is 11.7 Å². The molecule has 0 unspecified atom stereocenters. The van der Waals surface area contributed by atoms with Crippen molar-refractivity contribution in [2.24, 2.45) is 0 Å². The van der Waals surface area contributed by atoms with Gasteiger partial charge in [0.1, 0.15) is 5.76 Å². The van der Waals surface area contributed by atoms with E-state index in [0.717, 1.165) is 5.56 Å². The summed E-state index contributed by atoms with van der Waals surface area (Å²) >= 11 is 0. The molecule has 4 heteroatoms. The Morgan fingerprint density at radius 2 is 2.24 bits per heavy atom. The number of rotatable bonds is 1. The van der Waals surface area contributed by atoms with Crippen molar-refractivity contribution in [3.8, 4) is 0 Å². The first-order valence-corrected chi connectivity index (χ1v) is 5.18. The molecule has 0 spiro atoms. The lowest BCUT2D eigenvalue weighted by Crippen LogP contribution is -2.07. The molecule has 1 aromatic carbocycles. The van der Waals surface area contributed by atoms with Crippen molar-refractivity contribution < 1.29 is 14.6 Å². The fourth-order valence-corrected chi connectivity index (χ4v) is 1.90. The largest absolute Gasteiger partial charge is 0.519 e. The van der Waals surface area contributed by atoms with Gasteiger partial charge in [-0.3, -0.25) is 0 Å². The predicted octanol–water partition coefficient (Wildman–Crippen LogP) is 2.57. The molecular weight excluding hydrogens is 218 g/mol. The van der Waals surface area contributed by atoms with E-state index in [2.05, 4.69) is 9.58 Å². The number of methoxy groups -OCH3 is 1. The van der Waals surface area contributed by atoms with Crippen LogP contribution in [0.15, 0.2) is 23.9 Å². The van der Waals surface area contributed by atoms with Gasteiger partial charge >= 0.3 is 5.97 Å². The Labute approximate surface area is 99.0 Å². The molecule has 1 aliphatic rings. The van der Waals surface area contributed by atoms with E-state index in [1.165, 1.54) is 7.11 Å². The van der Waals surface area contributed by atoms with Crippen LogP contribution < -0.4 is 0 Å². The minimum absolute atomic E-state index is 0.0213. The van der Waals surface area contributed by atoms with Crippen LogP contribution in [0.1, 0.15) is 27.9 Å². The van der Waals surface area contributed by atoms with Crippen LogP contribution in [0.3, 0.4) is 0 Å². The summed E-state index contributed by atoms with van der Waals surface area (Å²) in [5.41, 5.74) is 2.23. The maximum Gasteiger partial charge on any atom is 0.337 e. The van der Waals surface area contributed by atoms with Gasteiger partial charge in [0, 0.05) is 5.56 Å². The molecule has 0 bridgehead atoms. The summed E-state index contributed by atoms with van der Waals surface area (Å²) in [5, 5.41) is 9.91. The van der Waals surface area contributed by atoms with Crippen LogP contribution in [0.5, 0.6) is 0 Å². The third-order valence-electron chi connectivity index (χ3n) is 2.83. The van der Waals surface area contributed by atoms with E-state index < -0.39 is 5.97 Å². The van der Waals surface area contributed by atoms with E-state index in [0.29, 0.717) is 29.7 Å². The van der Waals surface area contributed by atoms with Crippen LogP contribution >= 0.6 is 0 Å². The lowest BCUT2D eigenvalue weighted by atomic mass is 9.92. The van der Waals surface area contributed by atoms with E-state index in [4.69, 9.17) is 6.57 Å². The number of aliphatic hydroxyl groups is 1. The molecule has 1 aliphatic carbocycles. The van der Waals surface area contributed by atoms with Crippen molar-refractivity contribution in [2.75, 3.05) is 7.11 Å². The Hall–Kier alpha value is -2.28. The SMILES string of the molecule is [C-]#[N+]C1=C(O)c2cc(C(=O)OC)ccc2CC1. The highest BCUT2D eigenvalue weighted by atomic mass is 16.5. The van der Waals surface area contributed by atoms with E-state index in [1.54, 1.807) is 18.2 Å². The van der Waals surface area contributed by atoms with Gasteiger partial charge in [0.2, 0.25) is 5.70 Å². The Morgan fingerprint density at radius 3 is 2.88 bits per heavy atom.